The number of rotatable bonds is 17. The van der Waals surface area contributed by atoms with Gasteiger partial charge in [-0.1, -0.05) is 149 Å². The molecule has 0 N–H and O–H groups in total. The first-order valence-electron chi connectivity index (χ1n) is 26.1. The van der Waals surface area contributed by atoms with Crippen LogP contribution in [-0.4, -0.2) is 31.7 Å². The van der Waals surface area contributed by atoms with Crippen molar-refractivity contribution in [2.24, 2.45) is 17.3 Å². The third-order valence-electron chi connectivity index (χ3n) is 13.5. The second kappa shape index (κ2) is 21.3. The Bertz CT molecular complexity index is 3250. The van der Waals surface area contributed by atoms with E-state index in [-0.39, 0.29) is 5.60 Å². The van der Waals surface area contributed by atoms with Crippen molar-refractivity contribution >= 4 is 21.8 Å². The minimum Gasteiger partial charge on any atom is -0.493 e. The summed E-state index contributed by atoms with van der Waals surface area (Å²) in [5.74, 6) is 5.02. The van der Waals surface area contributed by atoms with Gasteiger partial charge in [0.1, 0.15) is 17.1 Å². The Hall–Kier alpha value is -7.05. The first-order chi connectivity index (χ1) is 34.5. The standard InChI is InChI=1S/C66H72N4O2/c1-44-16-11-21-54(36-44)63-67-62(68-64(69-63)55-22-12-17-45(2)37-55)49-29-27-48(28-30-49)18-15-35-70-60-33-31-52(50-19-13-23-56(38-50)71-43-47(4)26-25-46(3)42-65(5,6)7)40-58(60)59-41-53(32-34-61(59)70)51-20-14-24-57(39-51)72-66(8,9)10/h11-14,16-17,19-24,27-34,36-41,46-47H,15,18,25-26,35,42-43H2,1-10H3. The molecule has 7 aromatic carbocycles. The maximum atomic E-state index is 6.47. The van der Waals surface area contributed by atoms with E-state index < -0.39 is 0 Å². The van der Waals surface area contributed by atoms with E-state index in [9.17, 15) is 0 Å². The molecule has 0 amide bonds. The first-order valence-corrected chi connectivity index (χ1v) is 26.1. The number of ether oxygens (including phenoxy) is 2. The summed E-state index contributed by atoms with van der Waals surface area (Å²) < 4.78 is 15.3. The van der Waals surface area contributed by atoms with Crippen LogP contribution in [0.15, 0.2) is 158 Å². The van der Waals surface area contributed by atoms with Gasteiger partial charge in [-0.15, -0.1) is 0 Å². The van der Waals surface area contributed by atoms with E-state index in [0.29, 0.717) is 34.7 Å². The fourth-order valence-corrected chi connectivity index (χ4v) is 10.2. The molecule has 9 aromatic rings. The summed E-state index contributed by atoms with van der Waals surface area (Å²) in [4.78, 5) is 15.0. The second-order valence-electron chi connectivity index (χ2n) is 22.6. The molecule has 0 aliphatic rings. The van der Waals surface area contributed by atoms with Gasteiger partial charge >= 0.3 is 0 Å². The van der Waals surface area contributed by atoms with Crippen LogP contribution in [0.2, 0.25) is 0 Å². The number of aromatic nitrogens is 4. The van der Waals surface area contributed by atoms with Crippen molar-refractivity contribution in [3.63, 3.8) is 0 Å². The van der Waals surface area contributed by atoms with Crippen molar-refractivity contribution in [3.8, 4) is 67.9 Å². The van der Waals surface area contributed by atoms with Crippen LogP contribution < -0.4 is 9.47 Å². The highest BCUT2D eigenvalue weighted by molar-refractivity contribution is 6.10. The Labute approximate surface area is 428 Å². The van der Waals surface area contributed by atoms with E-state index >= 15 is 0 Å². The number of hydrogen-bond donors (Lipinski definition) is 0. The molecule has 0 fully saturated rings. The summed E-state index contributed by atoms with van der Waals surface area (Å²) in [6, 6.07) is 56.5. The highest BCUT2D eigenvalue weighted by atomic mass is 16.5. The summed E-state index contributed by atoms with van der Waals surface area (Å²) in [5, 5.41) is 2.48. The van der Waals surface area contributed by atoms with Crippen molar-refractivity contribution < 1.29 is 9.47 Å². The molecule has 2 unspecified atom stereocenters. The zero-order chi connectivity index (χ0) is 50.6. The maximum absolute atomic E-state index is 6.47. The molecule has 0 aliphatic carbocycles. The Morgan fingerprint density at radius 2 is 0.958 bits per heavy atom. The van der Waals surface area contributed by atoms with E-state index in [1.807, 2.05) is 6.07 Å². The normalized spacial score (nSPS) is 12.9. The van der Waals surface area contributed by atoms with Gasteiger partial charge in [0, 0.05) is 45.0 Å². The summed E-state index contributed by atoms with van der Waals surface area (Å²) in [6.07, 6.45) is 5.56. The molecule has 0 saturated carbocycles. The number of nitrogens with zero attached hydrogens (tertiary/aromatic N) is 4. The van der Waals surface area contributed by atoms with E-state index in [1.165, 1.54) is 68.9 Å². The fraction of sp³-hybridized carbons (Fsp3) is 0.318. The van der Waals surface area contributed by atoms with E-state index in [2.05, 4.69) is 225 Å². The lowest BCUT2D eigenvalue weighted by molar-refractivity contribution is 0.131. The fourth-order valence-electron chi connectivity index (χ4n) is 10.2. The highest BCUT2D eigenvalue weighted by Gasteiger charge is 2.19. The average molecular weight is 953 g/mol. The third-order valence-corrected chi connectivity index (χ3v) is 13.5. The summed E-state index contributed by atoms with van der Waals surface area (Å²) >= 11 is 0. The quantitative estimate of drug-likeness (QED) is 0.0910. The van der Waals surface area contributed by atoms with Gasteiger partial charge < -0.3 is 14.0 Å². The molecule has 72 heavy (non-hydrogen) atoms. The van der Waals surface area contributed by atoms with Crippen molar-refractivity contribution in [2.45, 2.75) is 113 Å². The Kier molecular flexibility index (Phi) is 14.8. The van der Waals surface area contributed by atoms with Gasteiger partial charge in [-0.05, 0) is 166 Å². The molecule has 0 aliphatic heterocycles. The second-order valence-corrected chi connectivity index (χ2v) is 22.6. The molecule has 6 nitrogen and oxygen atoms in total. The lowest BCUT2D eigenvalue weighted by Gasteiger charge is -2.24. The summed E-state index contributed by atoms with van der Waals surface area (Å²) in [7, 11) is 0. The van der Waals surface area contributed by atoms with E-state index in [0.717, 1.165) is 65.3 Å². The molecule has 0 bridgehead atoms. The zero-order valence-corrected chi connectivity index (χ0v) is 44.2. The Morgan fingerprint density at radius 3 is 1.50 bits per heavy atom. The van der Waals surface area contributed by atoms with Crippen LogP contribution in [0.4, 0.5) is 0 Å². The molecule has 6 heteroatoms. The van der Waals surface area contributed by atoms with Gasteiger partial charge in [-0.2, -0.15) is 0 Å². The topological polar surface area (TPSA) is 62.1 Å². The van der Waals surface area contributed by atoms with Gasteiger partial charge in [0.15, 0.2) is 17.5 Å². The van der Waals surface area contributed by atoms with Gasteiger partial charge in [-0.25, -0.2) is 15.0 Å². The van der Waals surface area contributed by atoms with Crippen LogP contribution in [0.5, 0.6) is 11.5 Å². The third kappa shape index (κ3) is 12.5. The van der Waals surface area contributed by atoms with Crippen LogP contribution >= 0.6 is 0 Å². The maximum Gasteiger partial charge on any atom is 0.164 e. The predicted molar refractivity (Wildman–Crippen MR) is 302 cm³/mol. The minimum absolute atomic E-state index is 0.286. The zero-order valence-electron chi connectivity index (χ0n) is 44.2. The lowest BCUT2D eigenvalue weighted by atomic mass is 9.83. The van der Waals surface area contributed by atoms with Gasteiger partial charge in [0.2, 0.25) is 0 Å². The molecular formula is C66H72N4O2. The number of benzene rings is 7. The Balaban J connectivity index is 0.975. The number of aryl methyl sites for hydroxylation is 4. The molecule has 2 aromatic heterocycles. The van der Waals surface area contributed by atoms with E-state index in [1.54, 1.807) is 0 Å². The molecule has 2 heterocycles. The van der Waals surface area contributed by atoms with Crippen molar-refractivity contribution in [1.29, 1.82) is 0 Å². The van der Waals surface area contributed by atoms with Crippen molar-refractivity contribution in [1.82, 2.24) is 19.5 Å². The monoisotopic (exact) mass is 953 g/mol. The van der Waals surface area contributed by atoms with Crippen LogP contribution in [0.25, 0.3) is 78.2 Å². The SMILES string of the molecule is Cc1cccc(-c2nc(-c3ccc(CCCn4c5ccc(-c6cccc(OCC(C)CCC(C)CC(C)(C)C)c6)cc5c5cc(-c6cccc(OC(C)(C)C)c6)ccc54)cc3)nc(-c3cccc(C)c3)n2)c1. The van der Waals surface area contributed by atoms with Gasteiger partial charge in [0.25, 0.3) is 0 Å². The average Bonchev–Trinajstić information content (AvgIpc) is 3.66. The number of hydrogen-bond acceptors (Lipinski definition) is 5. The first kappa shape index (κ1) is 49.9. The number of fused-ring (bicyclic) bond motifs is 3. The molecule has 2 atom stereocenters. The summed E-state index contributed by atoms with van der Waals surface area (Å²) in [6.45, 7) is 23.8. The molecule has 368 valence electrons. The molecule has 0 spiro atoms. The van der Waals surface area contributed by atoms with Gasteiger partial charge in [0.05, 0.1) is 6.61 Å². The van der Waals surface area contributed by atoms with Crippen LogP contribution in [0.3, 0.4) is 0 Å². The summed E-state index contributed by atoms with van der Waals surface area (Å²) in [5.41, 5.74) is 13.7. The highest BCUT2D eigenvalue weighted by Crippen LogP contribution is 2.38. The molecular weight excluding hydrogens is 881 g/mol. The largest absolute Gasteiger partial charge is 0.493 e. The lowest BCUT2D eigenvalue weighted by Crippen LogP contribution is -2.22. The predicted octanol–water partition coefficient (Wildman–Crippen LogP) is 17.6. The molecule has 0 radical (unpaired) electrons. The van der Waals surface area contributed by atoms with E-state index in [4.69, 9.17) is 24.4 Å². The Morgan fingerprint density at radius 1 is 0.486 bits per heavy atom. The van der Waals surface area contributed by atoms with Crippen molar-refractivity contribution in [2.75, 3.05) is 6.61 Å². The van der Waals surface area contributed by atoms with Gasteiger partial charge in [-0.3, -0.25) is 0 Å². The molecule has 0 saturated heterocycles. The smallest absolute Gasteiger partial charge is 0.164 e. The van der Waals surface area contributed by atoms with Crippen LogP contribution in [0, 0.1) is 31.1 Å². The van der Waals surface area contributed by atoms with Crippen LogP contribution in [-0.2, 0) is 13.0 Å². The van der Waals surface area contributed by atoms with Crippen molar-refractivity contribution in [3.05, 3.63) is 174 Å². The van der Waals surface area contributed by atoms with Crippen LogP contribution in [0.1, 0.15) is 97.8 Å². The minimum atomic E-state index is -0.286. The molecule has 9 rings (SSSR count).